The van der Waals surface area contributed by atoms with E-state index < -0.39 is 0 Å². The monoisotopic (exact) mass is 218 g/mol. The van der Waals surface area contributed by atoms with Crippen molar-refractivity contribution in [3.8, 4) is 0 Å². The first-order valence-electron chi connectivity index (χ1n) is 5.73. The van der Waals surface area contributed by atoms with Crippen molar-refractivity contribution >= 4 is 11.7 Å². The number of rotatable bonds is 1. The molecule has 2 rings (SSSR count). The fourth-order valence-corrected chi connectivity index (χ4v) is 2.20. The normalized spacial score (nSPS) is 18.5. The number of hydrogen-bond donors (Lipinski definition) is 1. The lowest BCUT2D eigenvalue weighted by Gasteiger charge is -2.31. The molecule has 3 heteroatoms. The van der Waals surface area contributed by atoms with E-state index in [2.05, 4.69) is 19.2 Å². The van der Waals surface area contributed by atoms with Crippen LogP contribution in [-0.2, 0) is 0 Å². The fraction of sp³-hybridized carbons (Fsp3) is 0.462. The van der Waals surface area contributed by atoms with Crippen LogP contribution in [0.15, 0.2) is 30.3 Å². The molecule has 1 aliphatic rings. The van der Waals surface area contributed by atoms with Gasteiger partial charge in [0.2, 0.25) is 0 Å². The Bertz CT molecular complexity index is 373. The Kier molecular flexibility index (Phi) is 2.86. The van der Waals surface area contributed by atoms with E-state index in [-0.39, 0.29) is 11.6 Å². The topological polar surface area (TPSA) is 32.3 Å². The lowest BCUT2D eigenvalue weighted by atomic mass is 10.0. The van der Waals surface area contributed by atoms with Gasteiger partial charge in [-0.05, 0) is 38.8 Å². The highest BCUT2D eigenvalue weighted by Crippen LogP contribution is 2.28. The molecule has 1 saturated heterocycles. The molecule has 0 bridgehead atoms. The van der Waals surface area contributed by atoms with Crippen LogP contribution in [0.4, 0.5) is 10.5 Å². The second-order valence-corrected chi connectivity index (χ2v) is 4.86. The van der Waals surface area contributed by atoms with Gasteiger partial charge in [-0.1, -0.05) is 18.2 Å². The van der Waals surface area contributed by atoms with Crippen LogP contribution in [0, 0.1) is 0 Å². The maximum Gasteiger partial charge on any atom is 0.322 e. The summed E-state index contributed by atoms with van der Waals surface area (Å²) in [4.78, 5) is 14.0. The number of hydrogen-bond acceptors (Lipinski definition) is 1. The van der Waals surface area contributed by atoms with Crippen LogP contribution in [0.1, 0.15) is 26.7 Å². The summed E-state index contributed by atoms with van der Waals surface area (Å²) in [6.45, 7) is 5.08. The van der Waals surface area contributed by atoms with Gasteiger partial charge < -0.3 is 10.2 Å². The molecule has 0 radical (unpaired) electrons. The SMILES string of the molecule is CC1(C)CCCN1C(=O)Nc1ccccc1. The highest BCUT2D eigenvalue weighted by Gasteiger charge is 2.35. The van der Waals surface area contributed by atoms with Crippen LogP contribution >= 0.6 is 0 Å². The molecule has 0 saturated carbocycles. The number of para-hydroxylation sites is 1. The van der Waals surface area contributed by atoms with Gasteiger partial charge in [0.25, 0.3) is 0 Å². The molecule has 3 nitrogen and oxygen atoms in total. The van der Waals surface area contributed by atoms with E-state index in [9.17, 15) is 4.79 Å². The molecule has 1 fully saturated rings. The van der Waals surface area contributed by atoms with Crippen LogP contribution in [-0.4, -0.2) is 23.0 Å². The van der Waals surface area contributed by atoms with Crippen molar-refractivity contribution in [3.63, 3.8) is 0 Å². The minimum absolute atomic E-state index is 0.00806. The summed E-state index contributed by atoms with van der Waals surface area (Å²) < 4.78 is 0. The third-order valence-electron chi connectivity index (χ3n) is 3.17. The molecule has 0 spiro atoms. The Hall–Kier alpha value is -1.51. The van der Waals surface area contributed by atoms with Gasteiger partial charge in [0.05, 0.1) is 0 Å². The van der Waals surface area contributed by atoms with Gasteiger partial charge in [-0.25, -0.2) is 4.79 Å². The summed E-state index contributed by atoms with van der Waals surface area (Å²) in [7, 11) is 0. The average molecular weight is 218 g/mol. The minimum Gasteiger partial charge on any atom is -0.319 e. The Balaban J connectivity index is 2.04. The predicted molar refractivity (Wildman–Crippen MR) is 65.5 cm³/mol. The van der Waals surface area contributed by atoms with Crippen molar-refractivity contribution in [2.75, 3.05) is 11.9 Å². The Morgan fingerprint density at radius 2 is 2.00 bits per heavy atom. The van der Waals surface area contributed by atoms with Crippen molar-refractivity contribution in [2.24, 2.45) is 0 Å². The number of nitrogens with zero attached hydrogens (tertiary/aromatic N) is 1. The molecule has 1 aromatic carbocycles. The molecule has 16 heavy (non-hydrogen) atoms. The summed E-state index contributed by atoms with van der Waals surface area (Å²) in [5.74, 6) is 0. The van der Waals surface area contributed by atoms with E-state index in [0.29, 0.717) is 0 Å². The summed E-state index contributed by atoms with van der Waals surface area (Å²) in [5, 5.41) is 2.93. The molecular formula is C13H18N2O. The standard InChI is InChI=1S/C13H18N2O/c1-13(2)9-6-10-15(13)12(16)14-11-7-4-3-5-8-11/h3-5,7-8H,6,9-10H2,1-2H3,(H,14,16). The molecular weight excluding hydrogens is 200 g/mol. The number of amides is 2. The molecule has 0 atom stereocenters. The van der Waals surface area contributed by atoms with E-state index in [0.717, 1.165) is 25.1 Å². The van der Waals surface area contributed by atoms with Gasteiger partial charge in [0, 0.05) is 17.8 Å². The lowest BCUT2D eigenvalue weighted by Crippen LogP contribution is -2.44. The lowest BCUT2D eigenvalue weighted by molar-refractivity contribution is 0.178. The smallest absolute Gasteiger partial charge is 0.319 e. The number of urea groups is 1. The summed E-state index contributed by atoms with van der Waals surface area (Å²) in [6.07, 6.45) is 2.17. The Labute approximate surface area is 96.5 Å². The van der Waals surface area contributed by atoms with Crippen LogP contribution in [0.3, 0.4) is 0 Å². The van der Waals surface area contributed by atoms with Crippen molar-refractivity contribution < 1.29 is 4.79 Å². The molecule has 1 aromatic rings. The van der Waals surface area contributed by atoms with Crippen LogP contribution < -0.4 is 5.32 Å². The Morgan fingerprint density at radius 1 is 1.31 bits per heavy atom. The van der Waals surface area contributed by atoms with Crippen molar-refractivity contribution in [2.45, 2.75) is 32.2 Å². The zero-order chi connectivity index (χ0) is 11.6. The van der Waals surface area contributed by atoms with Crippen LogP contribution in [0.5, 0.6) is 0 Å². The average Bonchev–Trinajstić information content (AvgIpc) is 2.59. The number of nitrogens with one attached hydrogen (secondary N) is 1. The van der Waals surface area contributed by atoms with E-state index in [1.165, 1.54) is 0 Å². The van der Waals surface area contributed by atoms with Gasteiger partial charge in [-0.15, -0.1) is 0 Å². The highest BCUT2D eigenvalue weighted by atomic mass is 16.2. The second kappa shape index (κ2) is 4.16. The molecule has 0 aromatic heterocycles. The number of carbonyl (C=O) groups is 1. The van der Waals surface area contributed by atoms with Gasteiger partial charge in [0.15, 0.2) is 0 Å². The van der Waals surface area contributed by atoms with E-state index in [1.54, 1.807) is 0 Å². The predicted octanol–water partition coefficient (Wildman–Crippen LogP) is 3.09. The molecule has 1 aliphatic heterocycles. The quantitative estimate of drug-likeness (QED) is 0.771. The van der Waals surface area contributed by atoms with E-state index in [1.807, 2.05) is 35.2 Å². The number of benzene rings is 1. The third kappa shape index (κ3) is 2.18. The van der Waals surface area contributed by atoms with E-state index >= 15 is 0 Å². The number of carbonyl (C=O) groups excluding carboxylic acids is 1. The van der Waals surface area contributed by atoms with Gasteiger partial charge in [-0.2, -0.15) is 0 Å². The largest absolute Gasteiger partial charge is 0.322 e. The first kappa shape index (κ1) is 11.0. The van der Waals surface area contributed by atoms with Crippen molar-refractivity contribution in [3.05, 3.63) is 30.3 Å². The zero-order valence-corrected chi connectivity index (χ0v) is 9.86. The fourth-order valence-electron chi connectivity index (χ4n) is 2.20. The Morgan fingerprint density at radius 3 is 2.56 bits per heavy atom. The molecule has 86 valence electrons. The van der Waals surface area contributed by atoms with Crippen LogP contribution in [0.2, 0.25) is 0 Å². The number of likely N-dealkylation sites (tertiary alicyclic amines) is 1. The second-order valence-electron chi connectivity index (χ2n) is 4.86. The number of anilines is 1. The highest BCUT2D eigenvalue weighted by molar-refractivity contribution is 5.89. The molecule has 2 amide bonds. The van der Waals surface area contributed by atoms with Gasteiger partial charge in [0.1, 0.15) is 0 Å². The first-order chi connectivity index (χ1) is 7.59. The molecule has 0 unspecified atom stereocenters. The first-order valence-corrected chi connectivity index (χ1v) is 5.73. The minimum atomic E-state index is -0.0150. The summed E-state index contributed by atoms with van der Waals surface area (Å²) in [6, 6.07) is 9.60. The van der Waals surface area contributed by atoms with Crippen molar-refractivity contribution in [1.29, 1.82) is 0 Å². The van der Waals surface area contributed by atoms with E-state index in [4.69, 9.17) is 0 Å². The maximum atomic E-state index is 12.0. The maximum absolute atomic E-state index is 12.0. The molecule has 1 N–H and O–H groups in total. The molecule has 1 heterocycles. The third-order valence-corrected chi connectivity index (χ3v) is 3.17. The zero-order valence-electron chi connectivity index (χ0n) is 9.86. The van der Waals surface area contributed by atoms with Crippen molar-refractivity contribution in [1.82, 2.24) is 4.90 Å². The summed E-state index contributed by atoms with van der Waals surface area (Å²) >= 11 is 0. The van der Waals surface area contributed by atoms with Gasteiger partial charge >= 0.3 is 6.03 Å². The van der Waals surface area contributed by atoms with Crippen LogP contribution in [0.25, 0.3) is 0 Å². The summed E-state index contributed by atoms with van der Waals surface area (Å²) in [5.41, 5.74) is 0.842. The molecule has 0 aliphatic carbocycles. The van der Waals surface area contributed by atoms with Gasteiger partial charge in [-0.3, -0.25) is 0 Å².